The smallest absolute Gasteiger partial charge is 0.164 e. The van der Waals surface area contributed by atoms with Gasteiger partial charge in [-0.25, -0.2) is 0 Å². The van der Waals surface area contributed by atoms with Crippen LogP contribution in [0.2, 0.25) is 0 Å². The van der Waals surface area contributed by atoms with Gasteiger partial charge in [0.2, 0.25) is 0 Å². The Labute approximate surface area is 91.2 Å². The molecular formula is C12H19NO2. The van der Waals surface area contributed by atoms with E-state index in [0.29, 0.717) is 13.2 Å². The van der Waals surface area contributed by atoms with Crippen molar-refractivity contribution < 1.29 is 9.47 Å². The van der Waals surface area contributed by atoms with Crippen LogP contribution in [0.4, 0.5) is 0 Å². The fourth-order valence-corrected chi connectivity index (χ4v) is 1.52. The Bertz CT molecular complexity index is 300. The minimum atomic E-state index is 0.649. The Morgan fingerprint density at radius 3 is 2.73 bits per heavy atom. The number of para-hydroxylation sites is 1. The molecular weight excluding hydrogens is 190 g/mol. The molecule has 0 atom stereocenters. The molecule has 0 aromatic heterocycles. The van der Waals surface area contributed by atoms with Gasteiger partial charge >= 0.3 is 0 Å². The molecule has 0 aliphatic carbocycles. The lowest BCUT2D eigenvalue weighted by Gasteiger charge is -2.13. The predicted octanol–water partition coefficient (Wildman–Crippen LogP) is 1.99. The standard InChI is InChI=1S/C12H19NO2/c1-3-15-12-10(7-5-9-13)6-4-8-11(12)14-2/h4,6,8H,3,5,7,9,13H2,1-2H3. The molecule has 3 nitrogen and oxygen atoms in total. The first-order valence-electron chi connectivity index (χ1n) is 5.32. The highest BCUT2D eigenvalue weighted by atomic mass is 16.5. The highest BCUT2D eigenvalue weighted by Crippen LogP contribution is 2.31. The Hall–Kier alpha value is -1.22. The summed E-state index contributed by atoms with van der Waals surface area (Å²) in [5.41, 5.74) is 6.67. The Morgan fingerprint density at radius 1 is 1.33 bits per heavy atom. The lowest BCUT2D eigenvalue weighted by Crippen LogP contribution is -2.03. The molecule has 15 heavy (non-hydrogen) atoms. The SMILES string of the molecule is CCOc1c(CCCN)cccc1OC. The first kappa shape index (κ1) is 11.9. The highest BCUT2D eigenvalue weighted by Gasteiger charge is 2.09. The van der Waals surface area contributed by atoms with Gasteiger partial charge in [-0.15, -0.1) is 0 Å². The average molecular weight is 209 g/mol. The molecule has 0 saturated heterocycles. The topological polar surface area (TPSA) is 44.5 Å². The number of rotatable bonds is 6. The van der Waals surface area contributed by atoms with Crippen LogP contribution in [0.5, 0.6) is 11.5 Å². The van der Waals surface area contributed by atoms with Crippen molar-refractivity contribution >= 4 is 0 Å². The van der Waals surface area contributed by atoms with Gasteiger partial charge in [0.1, 0.15) is 0 Å². The van der Waals surface area contributed by atoms with E-state index in [2.05, 4.69) is 6.07 Å². The molecule has 1 rings (SSSR count). The van der Waals surface area contributed by atoms with E-state index in [-0.39, 0.29) is 0 Å². The summed E-state index contributed by atoms with van der Waals surface area (Å²) < 4.78 is 10.9. The van der Waals surface area contributed by atoms with Crippen LogP contribution in [0.25, 0.3) is 0 Å². The van der Waals surface area contributed by atoms with E-state index in [4.69, 9.17) is 15.2 Å². The van der Waals surface area contributed by atoms with Crippen LogP contribution in [0.1, 0.15) is 18.9 Å². The maximum absolute atomic E-state index is 5.59. The molecule has 0 saturated carbocycles. The van der Waals surface area contributed by atoms with Crippen molar-refractivity contribution in [1.29, 1.82) is 0 Å². The van der Waals surface area contributed by atoms with Crippen molar-refractivity contribution in [3.8, 4) is 11.5 Å². The van der Waals surface area contributed by atoms with E-state index in [1.165, 1.54) is 5.56 Å². The van der Waals surface area contributed by atoms with Crippen LogP contribution in [0, 0.1) is 0 Å². The summed E-state index contributed by atoms with van der Waals surface area (Å²) >= 11 is 0. The molecule has 1 aromatic rings. The van der Waals surface area contributed by atoms with Crippen LogP contribution in [-0.4, -0.2) is 20.3 Å². The Morgan fingerprint density at radius 2 is 2.13 bits per heavy atom. The molecule has 0 radical (unpaired) electrons. The monoisotopic (exact) mass is 209 g/mol. The summed E-state index contributed by atoms with van der Waals surface area (Å²) in [6.07, 6.45) is 1.90. The van der Waals surface area contributed by atoms with E-state index in [1.807, 2.05) is 19.1 Å². The first-order chi connectivity index (χ1) is 7.33. The maximum Gasteiger partial charge on any atom is 0.164 e. The van der Waals surface area contributed by atoms with Crippen LogP contribution in [0.15, 0.2) is 18.2 Å². The highest BCUT2D eigenvalue weighted by molar-refractivity contribution is 5.46. The number of ether oxygens (including phenoxy) is 2. The number of methoxy groups -OCH3 is 1. The zero-order valence-corrected chi connectivity index (χ0v) is 9.45. The van der Waals surface area contributed by atoms with E-state index in [0.717, 1.165) is 24.3 Å². The number of hydrogen-bond acceptors (Lipinski definition) is 3. The second kappa shape index (κ2) is 6.30. The van der Waals surface area contributed by atoms with Crippen molar-refractivity contribution in [2.45, 2.75) is 19.8 Å². The zero-order chi connectivity index (χ0) is 11.1. The predicted molar refractivity (Wildman–Crippen MR) is 61.5 cm³/mol. The molecule has 0 spiro atoms. The number of nitrogens with two attached hydrogens (primary N) is 1. The van der Waals surface area contributed by atoms with Crippen LogP contribution in [0.3, 0.4) is 0 Å². The van der Waals surface area contributed by atoms with Crippen molar-refractivity contribution in [2.75, 3.05) is 20.3 Å². The van der Waals surface area contributed by atoms with Gasteiger partial charge in [0.25, 0.3) is 0 Å². The van der Waals surface area contributed by atoms with Gasteiger partial charge in [-0.05, 0) is 37.9 Å². The maximum atomic E-state index is 5.59. The molecule has 0 aliphatic heterocycles. The third kappa shape index (κ3) is 3.13. The second-order valence-corrected chi connectivity index (χ2v) is 3.27. The number of aryl methyl sites for hydroxylation is 1. The molecule has 0 amide bonds. The van der Waals surface area contributed by atoms with Gasteiger partial charge in [0.15, 0.2) is 11.5 Å². The van der Waals surface area contributed by atoms with Crippen molar-refractivity contribution in [2.24, 2.45) is 5.73 Å². The fourth-order valence-electron chi connectivity index (χ4n) is 1.52. The quantitative estimate of drug-likeness (QED) is 0.779. The summed E-state index contributed by atoms with van der Waals surface area (Å²) in [5, 5.41) is 0. The summed E-state index contributed by atoms with van der Waals surface area (Å²) in [7, 11) is 1.66. The van der Waals surface area contributed by atoms with Crippen molar-refractivity contribution in [1.82, 2.24) is 0 Å². The molecule has 1 aromatic carbocycles. The number of hydrogen-bond donors (Lipinski definition) is 1. The zero-order valence-electron chi connectivity index (χ0n) is 9.45. The molecule has 3 heteroatoms. The summed E-state index contributed by atoms with van der Waals surface area (Å²) in [6, 6.07) is 5.95. The van der Waals surface area contributed by atoms with Gasteiger partial charge in [-0.3, -0.25) is 0 Å². The van der Waals surface area contributed by atoms with Crippen molar-refractivity contribution in [3.05, 3.63) is 23.8 Å². The molecule has 2 N–H and O–H groups in total. The van der Waals surface area contributed by atoms with E-state index < -0.39 is 0 Å². The lowest BCUT2D eigenvalue weighted by atomic mass is 10.1. The Kier molecular flexibility index (Phi) is 4.98. The second-order valence-electron chi connectivity index (χ2n) is 3.27. The normalized spacial score (nSPS) is 10.1. The van der Waals surface area contributed by atoms with Crippen LogP contribution >= 0.6 is 0 Å². The van der Waals surface area contributed by atoms with Gasteiger partial charge in [-0.1, -0.05) is 12.1 Å². The molecule has 84 valence electrons. The van der Waals surface area contributed by atoms with Crippen molar-refractivity contribution in [3.63, 3.8) is 0 Å². The molecule has 0 fully saturated rings. The van der Waals surface area contributed by atoms with E-state index in [9.17, 15) is 0 Å². The minimum Gasteiger partial charge on any atom is -0.493 e. The lowest BCUT2D eigenvalue weighted by molar-refractivity contribution is 0.307. The third-order valence-corrected chi connectivity index (χ3v) is 2.22. The van der Waals surface area contributed by atoms with Gasteiger partial charge in [-0.2, -0.15) is 0 Å². The minimum absolute atomic E-state index is 0.649. The van der Waals surface area contributed by atoms with Gasteiger partial charge in [0.05, 0.1) is 13.7 Å². The van der Waals surface area contributed by atoms with Gasteiger partial charge in [0, 0.05) is 0 Å². The largest absolute Gasteiger partial charge is 0.493 e. The summed E-state index contributed by atoms with van der Waals surface area (Å²) in [6.45, 7) is 3.32. The molecule has 0 heterocycles. The molecule has 0 aliphatic rings. The summed E-state index contributed by atoms with van der Waals surface area (Å²) in [4.78, 5) is 0. The van der Waals surface area contributed by atoms with Crippen LogP contribution in [-0.2, 0) is 6.42 Å². The van der Waals surface area contributed by atoms with E-state index >= 15 is 0 Å². The van der Waals surface area contributed by atoms with Crippen LogP contribution < -0.4 is 15.2 Å². The fraction of sp³-hybridized carbons (Fsp3) is 0.500. The Balaban J connectivity index is 2.90. The summed E-state index contributed by atoms with van der Waals surface area (Å²) in [5.74, 6) is 1.65. The molecule has 0 bridgehead atoms. The first-order valence-corrected chi connectivity index (χ1v) is 5.32. The third-order valence-electron chi connectivity index (χ3n) is 2.22. The number of benzene rings is 1. The molecule has 0 unspecified atom stereocenters. The van der Waals surface area contributed by atoms with Gasteiger partial charge < -0.3 is 15.2 Å². The average Bonchev–Trinajstić information content (AvgIpc) is 2.28. The van der Waals surface area contributed by atoms with E-state index in [1.54, 1.807) is 7.11 Å².